The highest BCUT2D eigenvalue weighted by atomic mass is 32.1. The van der Waals surface area contributed by atoms with Crippen molar-refractivity contribution in [1.82, 2.24) is 15.1 Å². The number of thiophene rings is 1. The maximum absolute atomic E-state index is 12.4. The predicted octanol–water partition coefficient (Wildman–Crippen LogP) is 1.62. The summed E-state index contributed by atoms with van der Waals surface area (Å²) in [5.41, 5.74) is 1.27. The Hall–Kier alpha value is -1.40. The van der Waals surface area contributed by atoms with Crippen LogP contribution in [0.5, 0.6) is 0 Å². The minimum Gasteiger partial charge on any atom is -0.338 e. The lowest BCUT2D eigenvalue weighted by molar-refractivity contribution is -0.139. The molecule has 0 bridgehead atoms. The van der Waals surface area contributed by atoms with Crippen LogP contribution in [-0.2, 0) is 22.6 Å². The lowest BCUT2D eigenvalue weighted by Gasteiger charge is -2.38. The molecule has 6 heteroatoms. The van der Waals surface area contributed by atoms with Crippen LogP contribution >= 0.6 is 11.3 Å². The van der Waals surface area contributed by atoms with Gasteiger partial charge in [0, 0.05) is 56.0 Å². The van der Waals surface area contributed by atoms with E-state index in [9.17, 15) is 9.59 Å². The predicted molar refractivity (Wildman–Crippen MR) is 91.3 cm³/mol. The summed E-state index contributed by atoms with van der Waals surface area (Å²) in [5, 5.41) is 5.46. The summed E-state index contributed by atoms with van der Waals surface area (Å²) >= 11 is 1.77. The number of nitrogens with zero attached hydrogens (tertiary/aromatic N) is 2. The van der Waals surface area contributed by atoms with E-state index in [-0.39, 0.29) is 17.9 Å². The molecule has 23 heavy (non-hydrogen) atoms. The maximum Gasteiger partial charge on any atom is 0.223 e. The number of hydrogen-bond donors (Lipinski definition) is 1. The zero-order chi connectivity index (χ0) is 16.4. The molecule has 0 aliphatic carbocycles. The van der Waals surface area contributed by atoms with Gasteiger partial charge in [0.2, 0.25) is 11.8 Å². The Morgan fingerprint density at radius 3 is 2.87 bits per heavy atom. The largest absolute Gasteiger partial charge is 0.338 e. The van der Waals surface area contributed by atoms with Crippen LogP contribution in [0.3, 0.4) is 0 Å². The number of carbonyl (C=O) groups is 2. The zero-order valence-electron chi connectivity index (χ0n) is 13.9. The van der Waals surface area contributed by atoms with Crippen LogP contribution in [0.15, 0.2) is 11.4 Å². The highest BCUT2D eigenvalue weighted by Crippen LogP contribution is 2.24. The van der Waals surface area contributed by atoms with Crippen molar-refractivity contribution in [2.45, 2.75) is 51.7 Å². The third-order valence-electron chi connectivity index (χ3n) is 5.07. The van der Waals surface area contributed by atoms with Crippen molar-refractivity contribution < 1.29 is 9.59 Å². The molecule has 2 atom stereocenters. The summed E-state index contributed by atoms with van der Waals surface area (Å²) in [6.07, 6.45) is 1.59. The molecule has 1 aromatic heterocycles. The molecule has 0 aromatic carbocycles. The van der Waals surface area contributed by atoms with Gasteiger partial charge in [0.1, 0.15) is 0 Å². The molecule has 3 heterocycles. The minimum atomic E-state index is 0.103. The van der Waals surface area contributed by atoms with E-state index in [4.69, 9.17) is 0 Å². The molecule has 0 spiro atoms. The second kappa shape index (κ2) is 7.01. The van der Waals surface area contributed by atoms with Crippen molar-refractivity contribution >= 4 is 23.2 Å². The topological polar surface area (TPSA) is 52.7 Å². The molecule has 1 saturated heterocycles. The summed E-state index contributed by atoms with van der Waals surface area (Å²) in [5.74, 6) is 0.207. The number of nitrogens with one attached hydrogen (secondary N) is 1. The zero-order valence-corrected chi connectivity index (χ0v) is 14.7. The van der Waals surface area contributed by atoms with Crippen LogP contribution in [0.1, 0.15) is 37.1 Å². The Bertz CT molecular complexity index is 586. The highest BCUT2D eigenvalue weighted by Gasteiger charge is 2.29. The molecule has 2 aliphatic heterocycles. The molecule has 3 rings (SSSR count). The summed E-state index contributed by atoms with van der Waals surface area (Å²) < 4.78 is 0. The average Bonchev–Trinajstić information content (AvgIpc) is 3.02. The number of piperazine rings is 1. The molecule has 1 fully saturated rings. The van der Waals surface area contributed by atoms with Gasteiger partial charge in [-0.1, -0.05) is 0 Å². The number of hydrogen-bond acceptors (Lipinski definition) is 4. The summed E-state index contributed by atoms with van der Waals surface area (Å²) in [7, 11) is 0. The molecule has 1 aromatic rings. The Labute approximate surface area is 141 Å². The SMILES string of the molecule is CC1NCCN(C(=O)CCC(=O)N2CCc3sccc3C2)C1C. The molecular formula is C17H25N3O2S. The third kappa shape index (κ3) is 3.58. The van der Waals surface area contributed by atoms with Crippen molar-refractivity contribution in [1.29, 1.82) is 0 Å². The van der Waals surface area contributed by atoms with Gasteiger partial charge in [0.25, 0.3) is 0 Å². The Balaban J connectivity index is 1.50. The van der Waals surface area contributed by atoms with Crippen LogP contribution in [0.25, 0.3) is 0 Å². The third-order valence-corrected chi connectivity index (χ3v) is 6.09. The van der Waals surface area contributed by atoms with Gasteiger partial charge in [-0.05, 0) is 37.3 Å². The second-order valence-electron chi connectivity index (χ2n) is 6.50. The lowest BCUT2D eigenvalue weighted by atomic mass is 10.1. The molecule has 0 saturated carbocycles. The van der Waals surface area contributed by atoms with Crippen LogP contribution < -0.4 is 5.32 Å². The van der Waals surface area contributed by atoms with Crippen LogP contribution in [-0.4, -0.2) is 53.3 Å². The van der Waals surface area contributed by atoms with E-state index in [2.05, 4.69) is 30.6 Å². The van der Waals surface area contributed by atoms with Gasteiger partial charge in [-0.25, -0.2) is 0 Å². The van der Waals surface area contributed by atoms with Gasteiger partial charge in [0.15, 0.2) is 0 Å². The summed E-state index contributed by atoms with van der Waals surface area (Å²) in [4.78, 5) is 30.0. The minimum absolute atomic E-state index is 0.103. The standard InChI is InChI=1S/C17H25N3O2S/c1-12-13(2)20(9-7-18-12)17(22)4-3-16(21)19-8-5-15-14(11-19)6-10-23-15/h6,10,12-13,18H,3-5,7-9,11H2,1-2H3. The first-order valence-electron chi connectivity index (χ1n) is 8.42. The van der Waals surface area contributed by atoms with E-state index in [0.29, 0.717) is 25.4 Å². The van der Waals surface area contributed by atoms with Gasteiger partial charge >= 0.3 is 0 Å². The molecule has 2 amide bonds. The average molecular weight is 335 g/mol. The first-order chi connectivity index (χ1) is 11.1. The normalized spacial score (nSPS) is 24.4. The van der Waals surface area contributed by atoms with Crippen LogP contribution in [0.2, 0.25) is 0 Å². The van der Waals surface area contributed by atoms with E-state index in [1.165, 1.54) is 10.4 Å². The second-order valence-corrected chi connectivity index (χ2v) is 7.51. The van der Waals surface area contributed by atoms with Gasteiger partial charge < -0.3 is 15.1 Å². The molecule has 2 unspecified atom stereocenters. The Morgan fingerprint density at radius 1 is 1.26 bits per heavy atom. The number of carbonyl (C=O) groups excluding carboxylic acids is 2. The fourth-order valence-electron chi connectivity index (χ4n) is 3.39. The van der Waals surface area contributed by atoms with E-state index >= 15 is 0 Å². The number of amides is 2. The summed E-state index contributed by atoms with van der Waals surface area (Å²) in [6.45, 7) is 7.22. The van der Waals surface area contributed by atoms with Crippen molar-refractivity contribution in [3.63, 3.8) is 0 Å². The molecule has 1 N–H and O–H groups in total. The molecule has 5 nitrogen and oxygen atoms in total. The van der Waals surface area contributed by atoms with Gasteiger partial charge in [0.05, 0.1) is 0 Å². The van der Waals surface area contributed by atoms with Gasteiger partial charge in [-0.2, -0.15) is 0 Å². The fraction of sp³-hybridized carbons (Fsp3) is 0.647. The van der Waals surface area contributed by atoms with Crippen molar-refractivity contribution in [2.75, 3.05) is 19.6 Å². The molecule has 126 valence electrons. The maximum atomic E-state index is 12.4. The quantitative estimate of drug-likeness (QED) is 0.913. The fourth-order valence-corrected chi connectivity index (χ4v) is 4.28. The first-order valence-corrected chi connectivity index (χ1v) is 9.30. The molecule has 2 aliphatic rings. The van der Waals surface area contributed by atoms with E-state index in [1.807, 2.05) is 9.80 Å². The first kappa shape index (κ1) is 16.5. The Kier molecular flexibility index (Phi) is 5.02. The van der Waals surface area contributed by atoms with Crippen molar-refractivity contribution in [3.8, 4) is 0 Å². The van der Waals surface area contributed by atoms with Crippen molar-refractivity contribution in [2.24, 2.45) is 0 Å². The monoisotopic (exact) mass is 335 g/mol. The molecular weight excluding hydrogens is 310 g/mol. The van der Waals surface area contributed by atoms with Crippen molar-refractivity contribution in [3.05, 3.63) is 21.9 Å². The van der Waals surface area contributed by atoms with Crippen LogP contribution in [0.4, 0.5) is 0 Å². The van der Waals surface area contributed by atoms with Gasteiger partial charge in [-0.15, -0.1) is 11.3 Å². The number of fused-ring (bicyclic) bond motifs is 1. The summed E-state index contributed by atoms with van der Waals surface area (Å²) in [6, 6.07) is 2.60. The van der Waals surface area contributed by atoms with Gasteiger partial charge in [-0.3, -0.25) is 9.59 Å². The Morgan fingerprint density at radius 2 is 2.04 bits per heavy atom. The smallest absolute Gasteiger partial charge is 0.223 e. The lowest BCUT2D eigenvalue weighted by Crippen LogP contribution is -2.57. The van der Waals surface area contributed by atoms with E-state index < -0.39 is 0 Å². The van der Waals surface area contributed by atoms with Crippen LogP contribution in [0, 0.1) is 0 Å². The molecule has 0 radical (unpaired) electrons. The van der Waals surface area contributed by atoms with E-state index in [1.54, 1.807) is 11.3 Å². The number of rotatable bonds is 3. The van der Waals surface area contributed by atoms with E-state index in [0.717, 1.165) is 26.1 Å². The highest BCUT2D eigenvalue weighted by molar-refractivity contribution is 7.10.